The van der Waals surface area contributed by atoms with Crippen LogP contribution in [0, 0.1) is 11.7 Å². The number of anilines is 2. The average molecular weight is 456 g/mol. The Balaban J connectivity index is 1.59. The van der Waals surface area contributed by atoms with Crippen molar-refractivity contribution < 1.29 is 32.0 Å². The zero-order chi connectivity index (χ0) is 23.3. The molecule has 3 aromatic rings. The largest absolute Gasteiger partial charge is 0.416 e. The van der Waals surface area contributed by atoms with Crippen molar-refractivity contribution in [2.45, 2.75) is 18.3 Å². The van der Waals surface area contributed by atoms with E-state index in [0.29, 0.717) is 10.6 Å². The van der Waals surface area contributed by atoms with Gasteiger partial charge in [-0.3, -0.25) is 14.4 Å². The van der Waals surface area contributed by atoms with E-state index in [4.69, 9.17) is 4.84 Å². The number of alkyl halides is 3. The predicted octanol–water partition coefficient (Wildman–Crippen LogP) is 4.90. The Morgan fingerprint density at radius 2 is 1.45 bits per heavy atom. The van der Waals surface area contributed by atoms with Gasteiger partial charge in [0.25, 0.3) is 5.91 Å². The number of halogens is 4. The Bertz CT molecular complexity index is 1230. The molecule has 168 valence electrons. The molecule has 0 aliphatic carbocycles. The van der Waals surface area contributed by atoms with Crippen LogP contribution in [-0.2, 0) is 20.6 Å². The summed E-state index contributed by atoms with van der Waals surface area (Å²) in [6, 6.07) is 17.4. The fourth-order valence-electron chi connectivity index (χ4n) is 4.32. The molecule has 2 amide bonds. The van der Waals surface area contributed by atoms with Gasteiger partial charge in [0.15, 0.2) is 6.10 Å². The molecule has 0 spiro atoms. The molecule has 5 nitrogen and oxygen atoms in total. The van der Waals surface area contributed by atoms with Gasteiger partial charge < -0.3 is 0 Å². The molecule has 0 aromatic heterocycles. The summed E-state index contributed by atoms with van der Waals surface area (Å²) in [4.78, 5) is 33.2. The summed E-state index contributed by atoms with van der Waals surface area (Å²) in [5.41, 5.74) is -0.557. The van der Waals surface area contributed by atoms with Gasteiger partial charge in [-0.2, -0.15) is 13.2 Å². The number of amides is 2. The molecule has 0 bridgehead atoms. The zero-order valence-corrected chi connectivity index (χ0v) is 16.9. The van der Waals surface area contributed by atoms with E-state index in [1.165, 1.54) is 29.3 Å². The number of rotatable bonds is 3. The predicted molar refractivity (Wildman–Crippen MR) is 110 cm³/mol. The minimum absolute atomic E-state index is 0.140. The lowest BCUT2D eigenvalue weighted by Crippen LogP contribution is -2.37. The van der Waals surface area contributed by atoms with Gasteiger partial charge in [0, 0.05) is 5.56 Å². The molecule has 3 atom stereocenters. The highest BCUT2D eigenvalue weighted by atomic mass is 19.4. The van der Waals surface area contributed by atoms with Crippen molar-refractivity contribution in [3.8, 4) is 0 Å². The molecule has 2 saturated heterocycles. The first-order chi connectivity index (χ1) is 15.8. The van der Waals surface area contributed by atoms with Gasteiger partial charge in [-0.1, -0.05) is 42.5 Å². The second kappa shape index (κ2) is 7.70. The number of carbonyl (C=O) groups is 2. The highest BCUT2D eigenvalue weighted by Gasteiger charge is 2.60. The van der Waals surface area contributed by atoms with E-state index in [2.05, 4.69) is 0 Å². The third kappa shape index (κ3) is 3.45. The van der Waals surface area contributed by atoms with Crippen molar-refractivity contribution in [1.29, 1.82) is 0 Å². The molecule has 2 heterocycles. The molecule has 3 aromatic carbocycles. The molecule has 2 fully saturated rings. The first-order valence-corrected chi connectivity index (χ1v) is 10.1. The Morgan fingerprint density at radius 1 is 0.788 bits per heavy atom. The lowest BCUT2D eigenvalue weighted by molar-refractivity contribution is -0.137. The van der Waals surface area contributed by atoms with Gasteiger partial charge in [0.2, 0.25) is 5.91 Å². The summed E-state index contributed by atoms with van der Waals surface area (Å²) in [5, 5.41) is 1.33. The zero-order valence-electron chi connectivity index (χ0n) is 16.9. The molecular formula is C24H16F4N2O3. The summed E-state index contributed by atoms with van der Waals surface area (Å²) in [7, 11) is 0. The molecule has 0 saturated carbocycles. The number of fused-ring (bicyclic) bond motifs is 1. The van der Waals surface area contributed by atoms with Gasteiger partial charge >= 0.3 is 6.18 Å². The monoisotopic (exact) mass is 456 g/mol. The van der Waals surface area contributed by atoms with E-state index in [1.54, 1.807) is 36.4 Å². The number of para-hydroxylation sites is 1. The summed E-state index contributed by atoms with van der Waals surface area (Å²) < 4.78 is 54.4. The van der Waals surface area contributed by atoms with Crippen molar-refractivity contribution in [1.82, 2.24) is 0 Å². The van der Waals surface area contributed by atoms with Crippen molar-refractivity contribution in [3.63, 3.8) is 0 Å². The number of imide groups is 1. The minimum atomic E-state index is -4.64. The summed E-state index contributed by atoms with van der Waals surface area (Å²) in [6.45, 7) is 0. The molecule has 0 N–H and O–H groups in total. The van der Waals surface area contributed by atoms with Gasteiger partial charge in [0.1, 0.15) is 11.7 Å². The number of nitrogens with zero attached hydrogens (tertiary/aromatic N) is 2. The third-order valence-corrected chi connectivity index (χ3v) is 5.78. The minimum Gasteiger partial charge on any atom is -0.273 e. The second-order valence-corrected chi connectivity index (χ2v) is 7.74. The Morgan fingerprint density at radius 3 is 2.15 bits per heavy atom. The molecular weight excluding hydrogens is 440 g/mol. The second-order valence-electron chi connectivity index (χ2n) is 7.74. The van der Waals surface area contributed by atoms with Gasteiger partial charge in [-0.15, -0.1) is 0 Å². The molecule has 2 aliphatic heterocycles. The van der Waals surface area contributed by atoms with Gasteiger partial charge in [-0.25, -0.2) is 14.4 Å². The van der Waals surface area contributed by atoms with Crippen LogP contribution in [0.4, 0.5) is 28.9 Å². The molecule has 0 unspecified atom stereocenters. The highest BCUT2D eigenvalue weighted by molar-refractivity contribution is 6.24. The van der Waals surface area contributed by atoms with E-state index in [-0.39, 0.29) is 11.3 Å². The molecule has 5 rings (SSSR count). The van der Waals surface area contributed by atoms with E-state index in [9.17, 15) is 27.2 Å². The molecule has 0 radical (unpaired) electrons. The lowest BCUT2D eigenvalue weighted by atomic mass is 9.90. The molecule has 33 heavy (non-hydrogen) atoms. The first-order valence-electron chi connectivity index (χ1n) is 10.1. The number of hydrogen-bond acceptors (Lipinski definition) is 4. The number of benzene rings is 3. The van der Waals surface area contributed by atoms with Crippen LogP contribution in [0.15, 0.2) is 78.9 Å². The molecule has 2 aliphatic rings. The van der Waals surface area contributed by atoms with Gasteiger partial charge in [-0.05, 0) is 36.4 Å². The highest BCUT2D eigenvalue weighted by Crippen LogP contribution is 2.48. The smallest absolute Gasteiger partial charge is 0.273 e. The molecule has 9 heteroatoms. The average Bonchev–Trinajstić information content (AvgIpc) is 3.30. The van der Waals surface area contributed by atoms with Crippen molar-refractivity contribution >= 4 is 23.2 Å². The van der Waals surface area contributed by atoms with Crippen LogP contribution in [-0.4, -0.2) is 17.9 Å². The Hall–Kier alpha value is -3.72. The number of hydrogen-bond donors (Lipinski definition) is 0. The maximum atomic E-state index is 14.8. The van der Waals surface area contributed by atoms with Crippen molar-refractivity contribution in [3.05, 3.63) is 95.8 Å². The van der Waals surface area contributed by atoms with Crippen molar-refractivity contribution in [2.75, 3.05) is 9.96 Å². The van der Waals surface area contributed by atoms with E-state index in [1.807, 2.05) is 0 Å². The van der Waals surface area contributed by atoms with E-state index < -0.39 is 47.4 Å². The topological polar surface area (TPSA) is 49.9 Å². The SMILES string of the molecule is O=C1[C@H]2[C@@H](ON(c3ccccc3)[C@H]2c2ccccc2F)C(=O)N1c1cccc(C(F)(F)F)c1. The quantitative estimate of drug-likeness (QED) is 0.416. The first kappa shape index (κ1) is 21.1. The van der Waals surface area contributed by atoms with E-state index in [0.717, 1.165) is 18.2 Å². The standard InChI is InChI=1S/C24H16F4N2O3/c25-18-12-5-4-11-17(18)20-19-21(33-30(20)15-8-2-1-3-9-15)23(32)29(22(19)31)16-10-6-7-14(13-16)24(26,27)28/h1-13,19-21H/t19-,20+,21-/m1/s1. The normalized spacial score (nSPS) is 22.7. The van der Waals surface area contributed by atoms with Crippen LogP contribution in [0.25, 0.3) is 0 Å². The summed E-state index contributed by atoms with van der Waals surface area (Å²) in [5.74, 6) is -3.30. The number of hydroxylamine groups is 1. The van der Waals surface area contributed by atoms with E-state index >= 15 is 0 Å². The van der Waals surface area contributed by atoms with Crippen molar-refractivity contribution in [2.24, 2.45) is 5.92 Å². The van der Waals surface area contributed by atoms with Crippen LogP contribution < -0.4 is 9.96 Å². The fraction of sp³-hybridized carbons (Fsp3) is 0.167. The van der Waals surface area contributed by atoms with Gasteiger partial charge in [0.05, 0.1) is 23.0 Å². The van der Waals surface area contributed by atoms with Crippen LogP contribution in [0.3, 0.4) is 0 Å². The Labute approximate surface area is 185 Å². The Kier molecular flexibility index (Phi) is 4.93. The lowest BCUT2D eigenvalue weighted by Gasteiger charge is -2.29. The van der Waals surface area contributed by atoms with Crippen LogP contribution >= 0.6 is 0 Å². The van der Waals surface area contributed by atoms with Crippen LogP contribution in [0.2, 0.25) is 0 Å². The fourth-order valence-corrected chi connectivity index (χ4v) is 4.32. The van der Waals surface area contributed by atoms with Crippen LogP contribution in [0.5, 0.6) is 0 Å². The summed E-state index contributed by atoms with van der Waals surface area (Å²) in [6.07, 6.45) is -5.95. The summed E-state index contributed by atoms with van der Waals surface area (Å²) >= 11 is 0. The third-order valence-electron chi connectivity index (χ3n) is 5.78. The van der Waals surface area contributed by atoms with Crippen LogP contribution in [0.1, 0.15) is 17.2 Å². The number of carbonyl (C=O) groups excluding carboxylic acids is 2. The maximum absolute atomic E-state index is 14.8. The maximum Gasteiger partial charge on any atom is 0.416 e.